The normalized spacial score (nSPS) is 29.2. The van der Waals surface area contributed by atoms with Crippen molar-refractivity contribution in [2.45, 2.75) is 51.4 Å². The molecule has 0 saturated carbocycles. The Morgan fingerprint density at radius 1 is 1.41 bits per heavy atom. The number of rotatable bonds is 1. The van der Waals surface area contributed by atoms with Crippen molar-refractivity contribution < 1.29 is 24.5 Å². The number of likely N-dealkylation sites (tertiary alicyclic amines) is 1. The standard InChI is InChI=1S/C11H19NO5/c1-10(2,3)17-9(15)12-6-11(4,16)5-7(12)8(13)14/h7,16H,5-6H2,1-4H3,(H,13,14)/t7-,11?/m1/s1. The number of β-amino-alcohol motifs (C(OH)–C–C–N with tert-alkyl or cyclic N) is 1. The highest BCUT2D eigenvalue weighted by molar-refractivity contribution is 5.81. The lowest BCUT2D eigenvalue weighted by molar-refractivity contribution is -0.142. The van der Waals surface area contributed by atoms with Crippen LogP contribution in [0.15, 0.2) is 0 Å². The second-order valence-corrected chi connectivity index (χ2v) is 5.66. The maximum Gasteiger partial charge on any atom is 0.411 e. The summed E-state index contributed by atoms with van der Waals surface area (Å²) in [6, 6.07) is -1.03. The molecule has 0 aromatic heterocycles. The number of aliphatic hydroxyl groups is 1. The van der Waals surface area contributed by atoms with E-state index in [1.807, 2.05) is 0 Å². The van der Waals surface area contributed by atoms with Crippen LogP contribution in [0, 0.1) is 0 Å². The summed E-state index contributed by atoms with van der Waals surface area (Å²) in [7, 11) is 0. The maximum absolute atomic E-state index is 11.8. The zero-order valence-electron chi connectivity index (χ0n) is 10.6. The van der Waals surface area contributed by atoms with Crippen LogP contribution in [-0.2, 0) is 9.53 Å². The fourth-order valence-electron chi connectivity index (χ4n) is 1.80. The van der Waals surface area contributed by atoms with E-state index in [1.165, 1.54) is 6.92 Å². The number of nitrogens with zero attached hydrogens (tertiary/aromatic N) is 1. The molecule has 1 unspecified atom stereocenters. The molecule has 1 fully saturated rings. The third kappa shape index (κ3) is 3.59. The van der Waals surface area contributed by atoms with E-state index < -0.39 is 29.3 Å². The fourth-order valence-corrected chi connectivity index (χ4v) is 1.80. The minimum atomic E-state index is -1.18. The molecule has 2 atom stereocenters. The molecule has 0 aromatic rings. The van der Waals surface area contributed by atoms with Crippen molar-refractivity contribution in [1.82, 2.24) is 4.90 Å². The predicted molar refractivity (Wildman–Crippen MR) is 59.6 cm³/mol. The van der Waals surface area contributed by atoms with Crippen LogP contribution >= 0.6 is 0 Å². The second kappa shape index (κ2) is 4.18. The summed E-state index contributed by atoms with van der Waals surface area (Å²) in [6.45, 7) is 6.59. The molecule has 1 rings (SSSR count). The first-order valence-corrected chi connectivity index (χ1v) is 5.47. The van der Waals surface area contributed by atoms with Crippen LogP contribution in [-0.4, -0.2) is 51.0 Å². The zero-order chi connectivity index (χ0) is 13.4. The Hall–Kier alpha value is -1.30. The third-order valence-electron chi connectivity index (χ3n) is 2.43. The van der Waals surface area contributed by atoms with Gasteiger partial charge in [-0.05, 0) is 27.7 Å². The Morgan fingerprint density at radius 3 is 2.35 bits per heavy atom. The smallest absolute Gasteiger partial charge is 0.411 e. The molecule has 1 aliphatic rings. The minimum absolute atomic E-state index is 0.0155. The SMILES string of the molecule is CC1(O)C[C@H](C(=O)O)N(C(=O)OC(C)(C)C)C1. The number of hydrogen-bond donors (Lipinski definition) is 2. The highest BCUT2D eigenvalue weighted by atomic mass is 16.6. The Morgan fingerprint density at radius 2 is 1.94 bits per heavy atom. The number of aliphatic carboxylic acids is 1. The molecular weight excluding hydrogens is 226 g/mol. The molecule has 0 radical (unpaired) electrons. The van der Waals surface area contributed by atoms with E-state index in [2.05, 4.69) is 0 Å². The molecule has 6 nitrogen and oxygen atoms in total. The van der Waals surface area contributed by atoms with Gasteiger partial charge in [0.2, 0.25) is 0 Å². The van der Waals surface area contributed by atoms with Gasteiger partial charge in [-0.15, -0.1) is 0 Å². The Balaban J connectivity index is 2.81. The lowest BCUT2D eigenvalue weighted by Gasteiger charge is -2.26. The summed E-state index contributed by atoms with van der Waals surface area (Å²) in [4.78, 5) is 23.9. The van der Waals surface area contributed by atoms with E-state index in [0.717, 1.165) is 4.90 Å². The molecule has 0 aliphatic carbocycles. The first-order chi connectivity index (χ1) is 7.52. The van der Waals surface area contributed by atoms with E-state index in [4.69, 9.17) is 9.84 Å². The van der Waals surface area contributed by atoms with Crippen molar-refractivity contribution in [3.8, 4) is 0 Å². The van der Waals surface area contributed by atoms with Gasteiger partial charge in [-0.25, -0.2) is 9.59 Å². The maximum atomic E-state index is 11.8. The predicted octanol–water partition coefficient (Wildman–Crippen LogP) is 0.831. The van der Waals surface area contributed by atoms with Gasteiger partial charge in [0.1, 0.15) is 11.6 Å². The van der Waals surface area contributed by atoms with E-state index in [9.17, 15) is 14.7 Å². The van der Waals surface area contributed by atoms with Crippen molar-refractivity contribution >= 4 is 12.1 Å². The van der Waals surface area contributed by atoms with Crippen LogP contribution in [0.25, 0.3) is 0 Å². The molecule has 0 bridgehead atoms. The van der Waals surface area contributed by atoms with Crippen LogP contribution in [0.2, 0.25) is 0 Å². The highest BCUT2D eigenvalue weighted by Gasteiger charge is 2.46. The summed E-state index contributed by atoms with van der Waals surface area (Å²) in [5.74, 6) is -1.13. The molecule has 1 amide bonds. The lowest BCUT2D eigenvalue weighted by Crippen LogP contribution is -2.43. The average molecular weight is 245 g/mol. The number of carbonyl (C=O) groups is 2. The number of ether oxygens (including phenoxy) is 1. The average Bonchev–Trinajstić information content (AvgIpc) is 2.38. The first-order valence-electron chi connectivity index (χ1n) is 5.47. The van der Waals surface area contributed by atoms with Crippen molar-refractivity contribution in [1.29, 1.82) is 0 Å². The number of hydrogen-bond acceptors (Lipinski definition) is 4. The molecule has 1 aliphatic heterocycles. The van der Waals surface area contributed by atoms with E-state index >= 15 is 0 Å². The second-order valence-electron chi connectivity index (χ2n) is 5.66. The van der Waals surface area contributed by atoms with Gasteiger partial charge < -0.3 is 14.9 Å². The molecule has 17 heavy (non-hydrogen) atoms. The molecule has 2 N–H and O–H groups in total. The molecular formula is C11H19NO5. The van der Waals surface area contributed by atoms with Crippen molar-refractivity contribution in [2.24, 2.45) is 0 Å². The number of carbonyl (C=O) groups excluding carboxylic acids is 1. The van der Waals surface area contributed by atoms with Crippen LogP contribution in [0.1, 0.15) is 34.1 Å². The molecule has 1 saturated heterocycles. The topological polar surface area (TPSA) is 87.1 Å². The molecule has 0 aromatic carbocycles. The zero-order valence-corrected chi connectivity index (χ0v) is 10.6. The van der Waals surface area contributed by atoms with Crippen LogP contribution in [0.5, 0.6) is 0 Å². The van der Waals surface area contributed by atoms with Gasteiger partial charge in [0, 0.05) is 6.42 Å². The molecule has 1 heterocycles. The van der Waals surface area contributed by atoms with Crippen LogP contribution in [0.4, 0.5) is 4.79 Å². The summed E-state index contributed by atoms with van der Waals surface area (Å²) < 4.78 is 5.11. The van der Waals surface area contributed by atoms with Crippen LogP contribution < -0.4 is 0 Å². The van der Waals surface area contributed by atoms with Crippen molar-refractivity contribution in [3.05, 3.63) is 0 Å². The quantitative estimate of drug-likeness (QED) is 0.714. The summed E-state index contributed by atoms with van der Waals surface area (Å²) in [5, 5.41) is 18.8. The number of carboxylic acids is 1. The Labute approximate surface area is 100 Å². The van der Waals surface area contributed by atoms with Gasteiger partial charge in [-0.1, -0.05) is 0 Å². The van der Waals surface area contributed by atoms with Gasteiger partial charge in [-0.3, -0.25) is 4.90 Å². The molecule has 6 heteroatoms. The van der Waals surface area contributed by atoms with Gasteiger partial charge in [0.05, 0.1) is 12.1 Å². The van der Waals surface area contributed by atoms with Gasteiger partial charge in [0.25, 0.3) is 0 Å². The molecule has 98 valence electrons. The monoisotopic (exact) mass is 245 g/mol. The Kier molecular flexibility index (Phi) is 3.38. The van der Waals surface area contributed by atoms with Crippen LogP contribution in [0.3, 0.4) is 0 Å². The highest BCUT2D eigenvalue weighted by Crippen LogP contribution is 2.28. The van der Waals surface area contributed by atoms with Crippen molar-refractivity contribution in [2.75, 3.05) is 6.54 Å². The Bertz CT molecular complexity index is 331. The molecule has 0 spiro atoms. The summed E-state index contributed by atoms with van der Waals surface area (Å²) in [6.07, 6.45) is -0.690. The van der Waals surface area contributed by atoms with Gasteiger partial charge >= 0.3 is 12.1 Å². The van der Waals surface area contributed by atoms with E-state index in [-0.39, 0.29) is 13.0 Å². The van der Waals surface area contributed by atoms with Crippen molar-refractivity contribution in [3.63, 3.8) is 0 Å². The minimum Gasteiger partial charge on any atom is -0.480 e. The van der Waals surface area contributed by atoms with Gasteiger partial charge in [-0.2, -0.15) is 0 Å². The largest absolute Gasteiger partial charge is 0.480 e. The van der Waals surface area contributed by atoms with E-state index in [1.54, 1.807) is 20.8 Å². The summed E-state index contributed by atoms with van der Waals surface area (Å²) >= 11 is 0. The van der Waals surface area contributed by atoms with E-state index in [0.29, 0.717) is 0 Å². The number of carboxylic acid groups (broad SMARTS) is 1. The first kappa shape index (κ1) is 13.8. The number of amides is 1. The van der Waals surface area contributed by atoms with Gasteiger partial charge in [0.15, 0.2) is 0 Å². The third-order valence-corrected chi connectivity index (χ3v) is 2.43. The fraction of sp³-hybridized carbons (Fsp3) is 0.818. The summed E-state index contributed by atoms with van der Waals surface area (Å²) in [5.41, 5.74) is -1.87. The lowest BCUT2D eigenvalue weighted by atomic mass is 10.0.